The lowest BCUT2D eigenvalue weighted by molar-refractivity contribution is 1.01. The van der Waals surface area contributed by atoms with E-state index in [1.165, 1.54) is 76.8 Å². The van der Waals surface area contributed by atoms with Gasteiger partial charge in [0, 0.05) is 37.9 Å². The highest BCUT2D eigenvalue weighted by atomic mass is 15.1. The Kier molecular flexibility index (Phi) is 8.04. The van der Waals surface area contributed by atoms with Crippen LogP contribution in [0.3, 0.4) is 0 Å². The van der Waals surface area contributed by atoms with Gasteiger partial charge in [-0.1, -0.05) is 182 Å². The standard InChI is InChI=1S/C65H40N4/c1-2-20-43-42(19-1)44-21-3-5-23-46(44)55-39-54(63(40-56(55)47-24-6-4-22-45(43)47)67-57-31-13-7-25-48(57)49-26-8-14-32-58(49)67)41-37-64(68-59-33-15-9-27-50(59)51-28-10-16-34-60(51)68)66-65(38-41)69-61-35-17-11-29-52(61)53-30-12-18-36-62(53)69/h1-40H. The molecule has 0 bridgehead atoms. The maximum absolute atomic E-state index is 5.76. The molecule has 4 heteroatoms. The molecule has 1 aliphatic rings. The van der Waals surface area contributed by atoms with Crippen LogP contribution >= 0.6 is 0 Å². The van der Waals surface area contributed by atoms with Crippen molar-refractivity contribution in [2.24, 2.45) is 0 Å². The molecule has 320 valence electrons. The Labute approximate surface area is 397 Å². The van der Waals surface area contributed by atoms with Crippen LogP contribution in [0.15, 0.2) is 243 Å². The Balaban J connectivity index is 1.13. The van der Waals surface area contributed by atoms with Gasteiger partial charge in [0.15, 0.2) is 0 Å². The molecule has 0 saturated carbocycles. The smallest absolute Gasteiger partial charge is 0.140 e. The van der Waals surface area contributed by atoms with E-state index in [4.69, 9.17) is 4.98 Å². The normalized spacial score (nSPS) is 12.1. The minimum absolute atomic E-state index is 0.848. The van der Waals surface area contributed by atoms with Gasteiger partial charge < -0.3 is 4.57 Å². The van der Waals surface area contributed by atoms with Crippen molar-refractivity contribution in [1.82, 2.24) is 18.7 Å². The number of benzene rings is 10. The highest BCUT2D eigenvalue weighted by Crippen LogP contribution is 2.51. The molecule has 15 rings (SSSR count). The Morgan fingerprint density at radius 2 is 0.478 bits per heavy atom. The summed E-state index contributed by atoms with van der Waals surface area (Å²) in [4.78, 5) is 5.76. The van der Waals surface area contributed by atoms with Crippen molar-refractivity contribution in [3.8, 4) is 73.0 Å². The van der Waals surface area contributed by atoms with Gasteiger partial charge in [0.25, 0.3) is 0 Å². The second-order valence-corrected chi connectivity index (χ2v) is 18.2. The third-order valence-electron chi connectivity index (χ3n) is 14.6. The first kappa shape index (κ1) is 37.9. The minimum atomic E-state index is 0.848. The van der Waals surface area contributed by atoms with Crippen LogP contribution in [0, 0.1) is 0 Å². The van der Waals surface area contributed by atoms with Crippen molar-refractivity contribution in [3.05, 3.63) is 243 Å². The SMILES string of the molecule is c1ccc2c(c1)-c1ccccc1-c1cc(-c3cc(-n4c5ccccc5c5ccccc54)nc(-n4c5ccccc5c5ccccc54)c3)c(-n3c4ccccc4c4ccccc43)cc1-c1ccccc1-2. The zero-order valence-electron chi connectivity index (χ0n) is 37.4. The number of hydrogen-bond acceptors (Lipinski definition) is 1. The van der Waals surface area contributed by atoms with Gasteiger partial charge in [0.05, 0.1) is 38.8 Å². The number of hydrogen-bond donors (Lipinski definition) is 0. The zero-order chi connectivity index (χ0) is 45.2. The van der Waals surface area contributed by atoms with Crippen molar-refractivity contribution in [2.45, 2.75) is 0 Å². The van der Waals surface area contributed by atoms with Crippen LogP contribution < -0.4 is 0 Å². The van der Waals surface area contributed by atoms with E-state index in [1.807, 2.05) is 0 Å². The molecule has 0 amide bonds. The minimum Gasteiger partial charge on any atom is -0.309 e. The molecule has 4 aromatic heterocycles. The van der Waals surface area contributed by atoms with Gasteiger partial charge in [0.1, 0.15) is 11.6 Å². The Bertz CT molecular complexity index is 4150. The number of aromatic nitrogens is 4. The summed E-state index contributed by atoms with van der Waals surface area (Å²) >= 11 is 0. The lowest BCUT2D eigenvalue weighted by Crippen LogP contribution is -2.06. The molecule has 0 spiro atoms. The van der Waals surface area contributed by atoms with Gasteiger partial charge in [-0.25, -0.2) is 4.98 Å². The van der Waals surface area contributed by atoms with E-state index in [9.17, 15) is 0 Å². The average Bonchev–Trinajstić information content (AvgIpc) is 4.06. The van der Waals surface area contributed by atoms with E-state index in [1.54, 1.807) is 0 Å². The molecular formula is C65H40N4. The quantitative estimate of drug-likeness (QED) is 0.173. The molecule has 0 radical (unpaired) electrons. The number of para-hydroxylation sites is 6. The molecular weight excluding hydrogens is 837 g/mol. The maximum atomic E-state index is 5.76. The van der Waals surface area contributed by atoms with Crippen LogP contribution in [-0.2, 0) is 0 Å². The van der Waals surface area contributed by atoms with Crippen molar-refractivity contribution < 1.29 is 0 Å². The monoisotopic (exact) mass is 876 g/mol. The second kappa shape index (κ2) is 14.6. The summed E-state index contributed by atoms with van der Waals surface area (Å²) in [5, 5.41) is 7.22. The first-order valence-electron chi connectivity index (χ1n) is 23.7. The van der Waals surface area contributed by atoms with E-state index >= 15 is 0 Å². The van der Waals surface area contributed by atoms with Crippen molar-refractivity contribution in [3.63, 3.8) is 0 Å². The predicted octanol–water partition coefficient (Wildman–Crippen LogP) is 17.0. The van der Waals surface area contributed by atoms with Crippen molar-refractivity contribution in [2.75, 3.05) is 0 Å². The summed E-state index contributed by atoms with van der Waals surface area (Å²) in [5.41, 5.74) is 19.7. The van der Waals surface area contributed by atoms with Gasteiger partial charge in [-0.3, -0.25) is 9.13 Å². The highest BCUT2D eigenvalue weighted by molar-refractivity contribution is 6.13. The fraction of sp³-hybridized carbons (Fsp3) is 0. The number of fused-ring (bicyclic) bond motifs is 17. The summed E-state index contributed by atoms with van der Waals surface area (Å²) in [6.07, 6.45) is 0. The molecule has 14 aromatic rings. The summed E-state index contributed by atoms with van der Waals surface area (Å²) in [6.45, 7) is 0. The fourth-order valence-corrected chi connectivity index (χ4v) is 11.7. The number of rotatable bonds is 4. The fourth-order valence-electron chi connectivity index (χ4n) is 11.7. The summed E-state index contributed by atoms with van der Waals surface area (Å²) in [7, 11) is 0. The molecule has 0 aliphatic heterocycles. The first-order chi connectivity index (χ1) is 34.3. The molecule has 0 atom stereocenters. The van der Waals surface area contributed by atoms with Crippen LogP contribution in [0.4, 0.5) is 0 Å². The van der Waals surface area contributed by atoms with Crippen LogP contribution in [0.1, 0.15) is 0 Å². The second-order valence-electron chi connectivity index (χ2n) is 18.2. The zero-order valence-corrected chi connectivity index (χ0v) is 37.4. The van der Waals surface area contributed by atoms with Crippen molar-refractivity contribution in [1.29, 1.82) is 0 Å². The number of nitrogens with zero attached hydrogens (tertiary/aromatic N) is 4. The molecule has 10 aromatic carbocycles. The topological polar surface area (TPSA) is 27.7 Å². The van der Waals surface area contributed by atoms with E-state index in [0.29, 0.717) is 0 Å². The Morgan fingerprint density at radius 3 is 0.812 bits per heavy atom. The van der Waals surface area contributed by atoms with Crippen LogP contribution in [0.2, 0.25) is 0 Å². The predicted molar refractivity (Wildman–Crippen MR) is 288 cm³/mol. The third-order valence-corrected chi connectivity index (χ3v) is 14.6. The molecule has 69 heavy (non-hydrogen) atoms. The molecule has 1 aliphatic carbocycles. The average molecular weight is 877 g/mol. The van der Waals surface area contributed by atoms with Crippen LogP contribution in [0.25, 0.3) is 138 Å². The molecule has 0 N–H and O–H groups in total. The molecule has 0 unspecified atom stereocenters. The lowest BCUT2D eigenvalue weighted by atomic mass is 9.79. The summed E-state index contributed by atoms with van der Waals surface area (Å²) in [5.74, 6) is 1.70. The lowest BCUT2D eigenvalue weighted by Gasteiger charge is -2.26. The third kappa shape index (κ3) is 5.48. The molecule has 4 heterocycles. The summed E-state index contributed by atoms with van der Waals surface area (Å²) < 4.78 is 7.23. The highest BCUT2D eigenvalue weighted by Gasteiger charge is 2.27. The largest absolute Gasteiger partial charge is 0.309 e. The van der Waals surface area contributed by atoms with Crippen molar-refractivity contribution >= 4 is 65.4 Å². The molecule has 0 saturated heterocycles. The first-order valence-corrected chi connectivity index (χ1v) is 23.7. The van der Waals surface area contributed by atoms with Gasteiger partial charge in [-0.15, -0.1) is 0 Å². The van der Waals surface area contributed by atoms with Gasteiger partial charge >= 0.3 is 0 Å². The maximum Gasteiger partial charge on any atom is 0.140 e. The van der Waals surface area contributed by atoms with Gasteiger partial charge in [-0.2, -0.15) is 0 Å². The van der Waals surface area contributed by atoms with Crippen LogP contribution in [-0.4, -0.2) is 18.7 Å². The molecule has 0 fully saturated rings. The van der Waals surface area contributed by atoms with Crippen LogP contribution in [0.5, 0.6) is 0 Å². The van der Waals surface area contributed by atoms with E-state index in [0.717, 1.165) is 61.6 Å². The van der Waals surface area contributed by atoms with E-state index in [2.05, 4.69) is 256 Å². The Hall–Kier alpha value is -9.25. The van der Waals surface area contributed by atoms with E-state index in [-0.39, 0.29) is 0 Å². The molecule has 4 nitrogen and oxygen atoms in total. The number of pyridine rings is 1. The summed E-state index contributed by atoms with van der Waals surface area (Å²) in [6, 6.07) is 89.1. The van der Waals surface area contributed by atoms with E-state index < -0.39 is 0 Å². The Morgan fingerprint density at radius 1 is 0.217 bits per heavy atom. The van der Waals surface area contributed by atoms with Gasteiger partial charge in [0.2, 0.25) is 0 Å². The van der Waals surface area contributed by atoms with Gasteiger partial charge in [-0.05, 0) is 111 Å².